The summed E-state index contributed by atoms with van der Waals surface area (Å²) in [5, 5.41) is 6.11. The average molecular weight is 237 g/mol. The molecule has 4 nitrogen and oxygen atoms in total. The molecule has 1 aliphatic heterocycles. The lowest BCUT2D eigenvalue weighted by Crippen LogP contribution is -2.40. The lowest BCUT2D eigenvalue weighted by Gasteiger charge is -2.21. The van der Waals surface area contributed by atoms with Gasteiger partial charge in [-0.25, -0.2) is 4.79 Å². The smallest absolute Gasteiger partial charge is 0.407 e. The van der Waals surface area contributed by atoms with Crippen LogP contribution in [-0.2, 0) is 4.74 Å². The Morgan fingerprint density at radius 1 is 1.47 bits per heavy atom. The van der Waals surface area contributed by atoms with Crippen LogP contribution in [0.5, 0.6) is 0 Å². The molecule has 1 heterocycles. The lowest BCUT2D eigenvalue weighted by molar-refractivity contribution is 0.0508. The maximum Gasteiger partial charge on any atom is 0.407 e. The molecule has 0 unspecified atom stereocenters. The van der Waals surface area contributed by atoms with Crippen LogP contribution in [0.4, 0.5) is 4.79 Å². The average Bonchev–Trinajstić information content (AvgIpc) is 2.30. The second-order valence-electron chi connectivity index (χ2n) is 4.89. The van der Waals surface area contributed by atoms with Crippen LogP contribution in [0.3, 0.4) is 0 Å². The van der Waals surface area contributed by atoms with Gasteiger partial charge in [-0.2, -0.15) is 0 Å². The summed E-state index contributed by atoms with van der Waals surface area (Å²) in [7, 11) is 0. The fourth-order valence-electron chi connectivity index (χ4n) is 1.52. The SMILES string of the molecule is C[C@H]1C[C@H](NC(=O)OC(C)(C)C)CN1.Cl. The highest BCUT2D eigenvalue weighted by Gasteiger charge is 2.24. The highest BCUT2D eigenvalue weighted by Crippen LogP contribution is 2.09. The number of carbonyl (C=O) groups is 1. The Labute approximate surface area is 97.5 Å². The molecule has 0 radical (unpaired) electrons. The molecule has 1 aliphatic rings. The van der Waals surface area contributed by atoms with E-state index in [-0.39, 0.29) is 24.5 Å². The van der Waals surface area contributed by atoms with Crippen LogP contribution in [0.15, 0.2) is 0 Å². The van der Waals surface area contributed by atoms with Gasteiger partial charge in [0.1, 0.15) is 5.60 Å². The van der Waals surface area contributed by atoms with Gasteiger partial charge in [-0.1, -0.05) is 0 Å². The van der Waals surface area contributed by atoms with Gasteiger partial charge in [-0.05, 0) is 34.1 Å². The number of hydrogen-bond donors (Lipinski definition) is 2. The van der Waals surface area contributed by atoms with Crippen LogP contribution in [-0.4, -0.2) is 30.3 Å². The zero-order valence-electron chi connectivity index (χ0n) is 9.79. The minimum Gasteiger partial charge on any atom is -0.444 e. The van der Waals surface area contributed by atoms with Crippen LogP contribution in [0, 0.1) is 0 Å². The van der Waals surface area contributed by atoms with Crippen molar-refractivity contribution in [3.05, 3.63) is 0 Å². The van der Waals surface area contributed by atoms with Crippen molar-refractivity contribution < 1.29 is 9.53 Å². The molecule has 0 bridgehead atoms. The van der Waals surface area contributed by atoms with Crippen LogP contribution in [0.1, 0.15) is 34.1 Å². The third-order valence-electron chi connectivity index (χ3n) is 2.07. The maximum atomic E-state index is 11.4. The Kier molecular flexibility index (Phi) is 5.38. The van der Waals surface area contributed by atoms with Gasteiger partial charge in [0.25, 0.3) is 0 Å². The molecule has 5 heteroatoms. The molecule has 1 rings (SSSR count). The number of alkyl carbamates (subject to hydrolysis) is 1. The summed E-state index contributed by atoms with van der Waals surface area (Å²) >= 11 is 0. The Morgan fingerprint density at radius 2 is 2.07 bits per heavy atom. The number of nitrogens with one attached hydrogen (secondary N) is 2. The number of ether oxygens (including phenoxy) is 1. The fourth-order valence-corrected chi connectivity index (χ4v) is 1.52. The third-order valence-corrected chi connectivity index (χ3v) is 2.07. The van der Waals surface area contributed by atoms with Crippen molar-refractivity contribution >= 4 is 18.5 Å². The van der Waals surface area contributed by atoms with Gasteiger partial charge in [0.15, 0.2) is 0 Å². The zero-order valence-corrected chi connectivity index (χ0v) is 10.6. The Morgan fingerprint density at radius 3 is 2.47 bits per heavy atom. The molecule has 1 fully saturated rings. The first-order chi connectivity index (χ1) is 6.37. The monoisotopic (exact) mass is 236 g/mol. The molecule has 0 saturated carbocycles. The van der Waals surface area contributed by atoms with E-state index in [9.17, 15) is 4.79 Å². The number of carbonyl (C=O) groups excluding carboxylic acids is 1. The number of rotatable bonds is 1. The van der Waals surface area contributed by atoms with Gasteiger partial charge in [0.05, 0.1) is 0 Å². The van der Waals surface area contributed by atoms with E-state index in [4.69, 9.17) is 4.74 Å². The van der Waals surface area contributed by atoms with Gasteiger partial charge < -0.3 is 15.4 Å². The van der Waals surface area contributed by atoms with Crippen molar-refractivity contribution in [3.8, 4) is 0 Å². The molecule has 0 aliphatic carbocycles. The molecule has 1 amide bonds. The van der Waals surface area contributed by atoms with E-state index < -0.39 is 5.60 Å². The second-order valence-corrected chi connectivity index (χ2v) is 4.89. The van der Waals surface area contributed by atoms with Crippen LogP contribution in [0.25, 0.3) is 0 Å². The highest BCUT2D eigenvalue weighted by atomic mass is 35.5. The minimum absolute atomic E-state index is 0. The van der Waals surface area contributed by atoms with E-state index in [1.54, 1.807) is 0 Å². The minimum atomic E-state index is -0.415. The second kappa shape index (κ2) is 5.56. The maximum absolute atomic E-state index is 11.4. The van der Waals surface area contributed by atoms with Gasteiger partial charge in [-0.3, -0.25) is 0 Å². The normalized spacial score (nSPS) is 25.6. The Bertz CT molecular complexity index is 216. The lowest BCUT2D eigenvalue weighted by atomic mass is 10.2. The number of halogens is 1. The van der Waals surface area contributed by atoms with Crippen LogP contribution in [0.2, 0.25) is 0 Å². The quantitative estimate of drug-likeness (QED) is 0.729. The first-order valence-electron chi connectivity index (χ1n) is 5.10. The summed E-state index contributed by atoms with van der Waals surface area (Å²) in [6.45, 7) is 8.53. The van der Waals surface area contributed by atoms with Crippen molar-refractivity contribution in [2.45, 2.75) is 51.8 Å². The van der Waals surface area contributed by atoms with E-state index in [1.807, 2.05) is 20.8 Å². The summed E-state index contributed by atoms with van der Waals surface area (Å²) in [4.78, 5) is 11.4. The summed E-state index contributed by atoms with van der Waals surface area (Å²) in [5.74, 6) is 0. The van der Waals surface area contributed by atoms with Crippen molar-refractivity contribution in [1.82, 2.24) is 10.6 Å². The highest BCUT2D eigenvalue weighted by molar-refractivity contribution is 5.85. The van der Waals surface area contributed by atoms with E-state index in [1.165, 1.54) is 0 Å². The van der Waals surface area contributed by atoms with Gasteiger partial charge in [0.2, 0.25) is 0 Å². The molecule has 0 aromatic heterocycles. The van der Waals surface area contributed by atoms with E-state index in [0.29, 0.717) is 6.04 Å². The van der Waals surface area contributed by atoms with Crippen molar-refractivity contribution in [2.75, 3.05) is 6.54 Å². The predicted molar refractivity (Wildman–Crippen MR) is 62.5 cm³/mol. The first kappa shape index (κ1) is 14.5. The molecule has 1 saturated heterocycles. The molecule has 0 aromatic rings. The zero-order chi connectivity index (χ0) is 10.8. The Balaban J connectivity index is 0.00000196. The van der Waals surface area contributed by atoms with Crippen molar-refractivity contribution in [3.63, 3.8) is 0 Å². The molecule has 15 heavy (non-hydrogen) atoms. The summed E-state index contributed by atoms with van der Waals surface area (Å²) < 4.78 is 5.16. The van der Waals surface area contributed by atoms with Crippen LogP contribution >= 0.6 is 12.4 Å². The van der Waals surface area contributed by atoms with E-state index in [2.05, 4.69) is 17.6 Å². The predicted octanol–water partition coefficient (Wildman–Crippen LogP) is 1.68. The molecule has 2 atom stereocenters. The van der Waals surface area contributed by atoms with E-state index in [0.717, 1.165) is 13.0 Å². The molecular formula is C10H21ClN2O2. The van der Waals surface area contributed by atoms with Crippen molar-refractivity contribution in [2.24, 2.45) is 0 Å². The Hall–Kier alpha value is -0.480. The van der Waals surface area contributed by atoms with Crippen molar-refractivity contribution in [1.29, 1.82) is 0 Å². The van der Waals surface area contributed by atoms with Gasteiger partial charge in [0, 0.05) is 18.6 Å². The largest absolute Gasteiger partial charge is 0.444 e. The van der Waals surface area contributed by atoms with Gasteiger partial charge >= 0.3 is 6.09 Å². The standard InChI is InChI=1S/C10H20N2O2.ClH/c1-7-5-8(6-11-7)12-9(13)14-10(2,3)4;/h7-8,11H,5-6H2,1-4H3,(H,12,13);1H/t7-,8-;/m0./s1. The molecular weight excluding hydrogens is 216 g/mol. The topological polar surface area (TPSA) is 50.4 Å². The fraction of sp³-hybridized carbons (Fsp3) is 0.900. The number of hydrogen-bond acceptors (Lipinski definition) is 3. The molecule has 0 spiro atoms. The van der Waals surface area contributed by atoms with E-state index >= 15 is 0 Å². The molecule has 90 valence electrons. The summed E-state index contributed by atoms with van der Waals surface area (Å²) in [5.41, 5.74) is -0.415. The first-order valence-corrected chi connectivity index (χ1v) is 5.10. The summed E-state index contributed by atoms with van der Waals surface area (Å²) in [6.07, 6.45) is 0.651. The third kappa shape index (κ3) is 5.85. The molecule has 0 aromatic carbocycles. The van der Waals surface area contributed by atoms with Gasteiger partial charge in [-0.15, -0.1) is 12.4 Å². The van der Waals surface area contributed by atoms with Crippen LogP contribution < -0.4 is 10.6 Å². The number of amides is 1. The summed E-state index contributed by atoms with van der Waals surface area (Å²) in [6, 6.07) is 0.690. The molecule has 2 N–H and O–H groups in total.